The molecule has 0 saturated carbocycles. The molecular formula is C12H9BrClIN2O. The molecule has 0 aliphatic heterocycles. The first-order valence-corrected chi connectivity index (χ1v) is 7.40. The van der Waals surface area contributed by atoms with Gasteiger partial charge in [-0.3, -0.25) is 9.36 Å². The Morgan fingerprint density at radius 1 is 1.50 bits per heavy atom. The van der Waals surface area contributed by atoms with E-state index in [0.717, 1.165) is 10.0 Å². The highest BCUT2D eigenvalue weighted by Crippen LogP contribution is 2.22. The van der Waals surface area contributed by atoms with Gasteiger partial charge >= 0.3 is 0 Å². The number of hydrogen-bond donors (Lipinski definition) is 0. The molecule has 94 valence electrons. The predicted octanol–water partition coefficient (Wildman–Crippen LogP) is 3.62. The van der Waals surface area contributed by atoms with Crippen molar-refractivity contribution in [3.8, 4) is 0 Å². The maximum Gasteiger partial charge on any atom is 0.267 e. The lowest BCUT2D eigenvalue weighted by molar-refractivity contribution is 0.695. The molecule has 0 unspecified atom stereocenters. The Kier molecular flexibility index (Phi) is 4.45. The molecule has 0 spiro atoms. The Balaban J connectivity index is 2.46. The summed E-state index contributed by atoms with van der Waals surface area (Å²) in [6.07, 6.45) is 1.58. The van der Waals surface area contributed by atoms with Crippen LogP contribution in [0.25, 0.3) is 0 Å². The molecule has 3 nitrogen and oxygen atoms in total. The molecule has 2 aromatic rings. The summed E-state index contributed by atoms with van der Waals surface area (Å²) in [6.45, 7) is 2.24. The lowest BCUT2D eigenvalue weighted by atomic mass is 10.2. The summed E-state index contributed by atoms with van der Waals surface area (Å²) in [5, 5.41) is 0.634. The molecule has 0 fully saturated rings. The first kappa shape index (κ1) is 14.0. The van der Waals surface area contributed by atoms with E-state index in [4.69, 9.17) is 11.6 Å². The molecule has 18 heavy (non-hydrogen) atoms. The lowest BCUT2D eigenvalue weighted by Gasteiger charge is -2.11. The van der Waals surface area contributed by atoms with Crippen LogP contribution in [0, 0.1) is 10.5 Å². The minimum absolute atomic E-state index is 0.0397. The van der Waals surface area contributed by atoms with Gasteiger partial charge in [0.2, 0.25) is 0 Å². The lowest BCUT2D eigenvalue weighted by Crippen LogP contribution is -2.26. The van der Waals surface area contributed by atoms with E-state index in [-0.39, 0.29) is 5.56 Å². The quantitative estimate of drug-likeness (QED) is 0.670. The highest BCUT2D eigenvalue weighted by Gasteiger charge is 2.08. The van der Waals surface area contributed by atoms with Crippen LogP contribution >= 0.6 is 50.1 Å². The maximum atomic E-state index is 12.0. The van der Waals surface area contributed by atoms with Gasteiger partial charge < -0.3 is 0 Å². The van der Waals surface area contributed by atoms with Crippen LogP contribution in [-0.4, -0.2) is 9.55 Å². The molecule has 0 aliphatic rings. The molecular weight excluding hydrogens is 430 g/mol. The van der Waals surface area contributed by atoms with Crippen LogP contribution in [0.2, 0.25) is 5.02 Å². The van der Waals surface area contributed by atoms with Crippen molar-refractivity contribution in [3.05, 3.63) is 59.2 Å². The average Bonchev–Trinajstić information content (AvgIpc) is 2.32. The number of rotatable bonds is 2. The van der Waals surface area contributed by atoms with Crippen molar-refractivity contribution < 1.29 is 0 Å². The largest absolute Gasteiger partial charge is 0.291 e. The molecule has 0 N–H and O–H groups in total. The van der Waals surface area contributed by atoms with Crippen molar-refractivity contribution in [2.24, 2.45) is 0 Å². The van der Waals surface area contributed by atoms with E-state index < -0.39 is 0 Å². The number of aryl methyl sites for hydroxylation is 1. The van der Waals surface area contributed by atoms with Gasteiger partial charge in [0.15, 0.2) is 0 Å². The molecule has 0 saturated heterocycles. The van der Waals surface area contributed by atoms with E-state index in [2.05, 4.69) is 20.9 Å². The highest BCUT2D eigenvalue weighted by atomic mass is 127. The number of aromatic nitrogens is 2. The topological polar surface area (TPSA) is 34.9 Å². The van der Waals surface area contributed by atoms with E-state index in [9.17, 15) is 4.79 Å². The Morgan fingerprint density at radius 2 is 2.22 bits per heavy atom. The van der Waals surface area contributed by atoms with Crippen LogP contribution < -0.4 is 5.56 Å². The number of halogens is 3. The SMILES string of the molecule is Cc1ncc(I)c(=O)n1Cc1ccc(Br)cc1Cl. The van der Waals surface area contributed by atoms with Crippen LogP contribution in [0.5, 0.6) is 0 Å². The number of nitrogens with zero attached hydrogens (tertiary/aromatic N) is 2. The molecule has 0 radical (unpaired) electrons. The molecule has 0 bridgehead atoms. The zero-order chi connectivity index (χ0) is 13.3. The van der Waals surface area contributed by atoms with Crippen molar-refractivity contribution in [3.63, 3.8) is 0 Å². The number of hydrogen-bond acceptors (Lipinski definition) is 2. The third kappa shape index (κ3) is 2.95. The van der Waals surface area contributed by atoms with Gasteiger partial charge in [0.05, 0.1) is 10.1 Å². The van der Waals surface area contributed by atoms with E-state index in [0.29, 0.717) is 21.0 Å². The van der Waals surface area contributed by atoms with Crippen molar-refractivity contribution in [2.75, 3.05) is 0 Å². The monoisotopic (exact) mass is 438 g/mol. The van der Waals surface area contributed by atoms with E-state index in [1.807, 2.05) is 47.7 Å². The summed E-state index contributed by atoms with van der Waals surface area (Å²) in [5.41, 5.74) is 0.857. The van der Waals surface area contributed by atoms with Gasteiger partial charge in [0.25, 0.3) is 5.56 Å². The van der Waals surface area contributed by atoms with Gasteiger partial charge in [-0.15, -0.1) is 0 Å². The van der Waals surface area contributed by atoms with Crippen molar-refractivity contribution in [1.82, 2.24) is 9.55 Å². The molecule has 0 aliphatic carbocycles. The van der Waals surface area contributed by atoms with Crippen LogP contribution in [0.4, 0.5) is 0 Å². The fourth-order valence-corrected chi connectivity index (χ4v) is 2.72. The van der Waals surface area contributed by atoms with Crippen LogP contribution in [0.15, 0.2) is 33.7 Å². The second-order valence-electron chi connectivity index (χ2n) is 3.78. The molecule has 0 atom stereocenters. The van der Waals surface area contributed by atoms with Crippen molar-refractivity contribution in [2.45, 2.75) is 13.5 Å². The van der Waals surface area contributed by atoms with Crippen LogP contribution in [-0.2, 0) is 6.54 Å². The molecule has 1 heterocycles. The normalized spacial score (nSPS) is 10.7. The zero-order valence-electron chi connectivity index (χ0n) is 9.45. The van der Waals surface area contributed by atoms with Crippen molar-refractivity contribution >= 4 is 50.1 Å². The molecule has 1 aromatic carbocycles. The maximum absolute atomic E-state index is 12.0. The molecule has 6 heteroatoms. The predicted molar refractivity (Wildman–Crippen MR) is 84.2 cm³/mol. The smallest absolute Gasteiger partial charge is 0.267 e. The van der Waals surface area contributed by atoms with Gasteiger partial charge in [0, 0.05) is 15.7 Å². The zero-order valence-corrected chi connectivity index (χ0v) is 14.0. The second kappa shape index (κ2) is 5.71. The third-order valence-electron chi connectivity index (χ3n) is 2.55. The van der Waals surface area contributed by atoms with Gasteiger partial charge in [-0.25, -0.2) is 4.98 Å². The van der Waals surface area contributed by atoms with Crippen LogP contribution in [0.1, 0.15) is 11.4 Å². The third-order valence-corrected chi connectivity index (χ3v) is 4.13. The van der Waals surface area contributed by atoms with E-state index >= 15 is 0 Å². The summed E-state index contributed by atoms with van der Waals surface area (Å²) < 4.78 is 3.14. The first-order valence-electron chi connectivity index (χ1n) is 5.15. The summed E-state index contributed by atoms with van der Waals surface area (Å²) in [7, 11) is 0. The second-order valence-corrected chi connectivity index (χ2v) is 6.27. The van der Waals surface area contributed by atoms with Gasteiger partial charge in [-0.1, -0.05) is 33.6 Å². The number of benzene rings is 1. The first-order chi connectivity index (χ1) is 8.49. The summed E-state index contributed by atoms with van der Waals surface area (Å²) >= 11 is 11.5. The summed E-state index contributed by atoms with van der Waals surface area (Å²) in [6, 6.07) is 5.62. The van der Waals surface area contributed by atoms with Gasteiger partial charge in [-0.2, -0.15) is 0 Å². The minimum atomic E-state index is -0.0397. The van der Waals surface area contributed by atoms with Crippen molar-refractivity contribution in [1.29, 1.82) is 0 Å². The Bertz CT molecular complexity index is 657. The van der Waals surface area contributed by atoms with Gasteiger partial charge in [-0.05, 0) is 47.2 Å². The Labute approximate surface area is 131 Å². The summed E-state index contributed by atoms with van der Waals surface area (Å²) in [4.78, 5) is 16.2. The minimum Gasteiger partial charge on any atom is -0.291 e. The Morgan fingerprint density at radius 3 is 2.89 bits per heavy atom. The Hall–Kier alpha value is -0.400. The van der Waals surface area contributed by atoms with E-state index in [1.165, 1.54) is 0 Å². The molecule has 1 aromatic heterocycles. The molecule has 2 rings (SSSR count). The van der Waals surface area contributed by atoms with Gasteiger partial charge in [0.1, 0.15) is 5.82 Å². The molecule has 0 amide bonds. The standard InChI is InChI=1S/C12H9BrClIN2O/c1-7-16-5-11(15)12(18)17(7)6-8-2-3-9(13)4-10(8)14/h2-5H,6H2,1H3. The highest BCUT2D eigenvalue weighted by molar-refractivity contribution is 14.1. The van der Waals surface area contributed by atoms with Crippen LogP contribution in [0.3, 0.4) is 0 Å². The summed E-state index contributed by atoms with van der Waals surface area (Å²) in [5.74, 6) is 0.680. The average molecular weight is 439 g/mol. The van der Waals surface area contributed by atoms with E-state index in [1.54, 1.807) is 10.8 Å². The fraction of sp³-hybridized carbons (Fsp3) is 0.167. The fourth-order valence-electron chi connectivity index (χ4n) is 1.56.